The number of hydrogen-bond donors (Lipinski definition) is 2. The van der Waals surface area contributed by atoms with Crippen molar-refractivity contribution in [2.24, 2.45) is 5.92 Å². The van der Waals surface area contributed by atoms with Gasteiger partial charge in [-0.3, -0.25) is 9.59 Å². The fourth-order valence-corrected chi connectivity index (χ4v) is 2.72. The van der Waals surface area contributed by atoms with Crippen LogP contribution in [0.4, 0.5) is 0 Å². The van der Waals surface area contributed by atoms with Crippen LogP contribution in [0.3, 0.4) is 0 Å². The summed E-state index contributed by atoms with van der Waals surface area (Å²) in [4.78, 5) is 31.7. The third kappa shape index (κ3) is 4.84. The average Bonchev–Trinajstić information content (AvgIpc) is 3.13. The highest BCUT2D eigenvalue weighted by Gasteiger charge is 2.26. The van der Waals surface area contributed by atoms with Gasteiger partial charge in [0, 0.05) is 30.8 Å². The van der Waals surface area contributed by atoms with E-state index in [1.165, 1.54) is 12.5 Å². The first-order valence-corrected chi connectivity index (χ1v) is 8.21. The lowest BCUT2D eigenvalue weighted by Crippen LogP contribution is -2.33. The van der Waals surface area contributed by atoms with E-state index in [0.29, 0.717) is 31.0 Å². The molecule has 1 aromatic carbocycles. The highest BCUT2D eigenvalue weighted by atomic mass is 16.5. The van der Waals surface area contributed by atoms with E-state index in [1.54, 1.807) is 18.2 Å². The average molecular weight is 340 g/mol. The molecular weight excluding hydrogens is 320 g/mol. The van der Waals surface area contributed by atoms with E-state index in [0.717, 1.165) is 6.42 Å². The maximum absolute atomic E-state index is 12.0. The van der Waals surface area contributed by atoms with Crippen LogP contribution in [0.1, 0.15) is 27.3 Å². The van der Waals surface area contributed by atoms with E-state index in [9.17, 15) is 9.59 Å². The number of rotatable bonds is 6. The lowest BCUT2D eigenvalue weighted by atomic mass is 10.1. The topological polar surface area (TPSA) is 93.2 Å². The summed E-state index contributed by atoms with van der Waals surface area (Å²) in [6.07, 6.45) is 3.61. The molecule has 25 heavy (non-hydrogen) atoms. The second-order valence-electron chi connectivity index (χ2n) is 5.94. The number of nitrogens with zero attached hydrogens (tertiary/aromatic N) is 2. The van der Waals surface area contributed by atoms with Gasteiger partial charge in [0.2, 0.25) is 0 Å². The van der Waals surface area contributed by atoms with Crippen LogP contribution in [0.5, 0.6) is 0 Å². The van der Waals surface area contributed by atoms with Gasteiger partial charge < -0.3 is 15.4 Å². The van der Waals surface area contributed by atoms with Crippen molar-refractivity contribution in [2.75, 3.05) is 19.7 Å². The zero-order valence-electron chi connectivity index (χ0n) is 13.7. The molecule has 2 aromatic rings. The molecule has 130 valence electrons. The van der Waals surface area contributed by atoms with Crippen LogP contribution in [-0.4, -0.2) is 47.6 Å². The van der Waals surface area contributed by atoms with Crippen molar-refractivity contribution in [3.8, 4) is 0 Å². The van der Waals surface area contributed by atoms with Gasteiger partial charge in [-0.2, -0.15) is 0 Å². The summed E-state index contributed by atoms with van der Waals surface area (Å²) in [6, 6.07) is 10.7. The van der Waals surface area contributed by atoms with Crippen molar-refractivity contribution in [1.29, 1.82) is 0 Å². The molecule has 1 saturated heterocycles. The molecule has 0 unspecified atom stereocenters. The van der Waals surface area contributed by atoms with E-state index in [4.69, 9.17) is 4.74 Å². The Kier molecular flexibility index (Phi) is 5.69. The van der Waals surface area contributed by atoms with Crippen molar-refractivity contribution in [3.63, 3.8) is 0 Å². The Morgan fingerprint density at radius 3 is 2.64 bits per heavy atom. The molecule has 7 heteroatoms. The minimum absolute atomic E-state index is 0.0515. The molecule has 1 fully saturated rings. The van der Waals surface area contributed by atoms with Crippen LogP contribution in [-0.2, 0) is 4.74 Å². The maximum Gasteiger partial charge on any atom is 0.270 e. The molecule has 0 saturated carbocycles. The van der Waals surface area contributed by atoms with Gasteiger partial charge in [-0.1, -0.05) is 18.2 Å². The molecule has 0 spiro atoms. The molecule has 1 aliphatic rings. The van der Waals surface area contributed by atoms with Crippen molar-refractivity contribution in [2.45, 2.75) is 12.5 Å². The molecule has 2 heterocycles. The van der Waals surface area contributed by atoms with Crippen LogP contribution in [0.2, 0.25) is 0 Å². The van der Waals surface area contributed by atoms with Crippen LogP contribution in [0.25, 0.3) is 0 Å². The highest BCUT2D eigenvalue weighted by molar-refractivity contribution is 5.94. The predicted molar refractivity (Wildman–Crippen MR) is 91.0 cm³/mol. The van der Waals surface area contributed by atoms with Gasteiger partial charge in [0.25, 0.3) is 11.8 Å². The molecule has 0 bridgehead atoms. The number of carbonyl (C=O) groups excluding carboxylic acids is 2. The Bertz CT molecular complexity index is 647. The highest BCUT2D eigenvalue weighted by Crippen LogP contribution is 2.18. The largest absolute Gasteiger partial charge is 0.376 e. The molecular formula is C18H20N4O3. The summed E-state index contributed by atoms with van der Waals surface area (Å²) in [7, 11) is 0. The van der Waals surface area contributed by atoms with Crippen LogP contribution >= 0.6 is 0 Å². The second kappa shape index (κ2) is 8.34. The zero-order valence-corrected chi connectivity index (χ0v) is 13.7. The van der Waals surface area contributed by atoms with Gasteiger partial charge in [-0.15, -0.1) is 0 Å². The number of carbonyl (C=O) groups is 2. The Morgan fingerprint density at radius 2 is 1.88 bits per heavy atom. The first-order valence-electron chi connectivity index (χ1n) is 8.21. The predicted octanol–water partition coefficient (Wildman–Crippen LogP) is 1.04. The molecule has 0 aliphatic carbocycles. The monoisotopic (exact) mass is 340 g/mol. The van der Waals surface area contributed by atoms with Gasteiger partial charge in [0.1, 0.15) is 12.0 Å². The fourth-order valence-electron chi connectivity index (χ4n) is 2.72. The number of amides is 2. The third-order valence-corrected chi connectivity index (χ3v) is 4.06. The number of benzene rings is 1. The summed E-state index contributed by atoms with van der Waals surface area (Å²) in [5.74, 6) is -0.0819. The van der Waals surface area contributed by atoms with Crippen molar-refractivity contribution in [1.82, 2.24) is 20.6 Å². The Hall–Kier alpha value is -2.80. The molecule has 2 atom stereocenters. The van der Waals surface area contributed by atoms with E-state index in [2.05, 4.69) is 20.6 Å². The number of aromatic nitrogens is 2. The summed E-state index contributed by atoms with van der Waals surface area (Å²) in [5, 5.41) is 5.74. The van der Waals surface area contributed by atoms with E-state index >= 15 is 0 Å². The van der Waals surface area contributed by atoms with Crippen LogP contribution < -0.4 is 10.6 Å². The number of ether oxygens (including phenoxy) is 1. The lowest BCUT2D eigenvalue weighted by Gasteiger charge is -2.11. The lowest BCUT2D eigenvalue weighted by molar-refractivity contribution is 0.0839. The first kappa shape index (κ1) is 17.0. The first-order chi connectivity index (χ1) is 12.2. The van der Waals surface area contributed by atoms with E-state index in [1.807, 2.05) is 18.2 Å². The van der Waals surface area contributed by atoms with Gasteiger partial charge in [-0.05, 0) is 24.6 Å². The normalized spacial score (nSPS) is 19.4. The molecule has 2 N–H and O–H groups in total. The quantitative estimate of drug-likeness (QED) is 0.820. The number of nitrogens with one attached hydrogen (secondary N) is 2. The Morgan fingerprint density at radius 1 is 1.08 bits per heavy atom. The molecule has 7 nitrogen and oxygen atoms in total. The van der Waals surface area contributed by atoms with Crippen molar-refractivity contribution >= 4 is 11.8 Å². The van der Waals surface area contributed by atoms with E-state index < -0.39 is 0 Å². The van der Waals surface area contributed by atoms with Crippen LogP contribution in [0, 0.1) is 5.92 Å². The third-order valence-electron chi connectivity index (χ3n) is 4.06. The SMILES string of the molecule is O=C(NC[C@@H]1CO[C@H](CNC(=O)c2ccncn2)C1)c1ccccc1. The van der Waals surface area contributed by atoms with Crippen LogP contribution in [0.15, 0.2) is 48.9 Å². The minimum Gasteiger partial charge on any atom is -0.376 e. The summed E-state index contributed by atoms with van der Waals surface area (Å²) >= 11 is 0. The molecule has 0 radical (unpaired) electrons. The van der Waals surface area contributed by atoms with Gasteiger partial charge in [0.15, 0.2) is 0 Å². The minimum atomic E-state index is -0.244. The van der Waals surface area contributed by atoms with Crippen molar-refractivity contribution in [3.05, 3.63) is 60.2 Å². The summed E-state index contributed by atoms with van der Waals surface area (Å²) in [6.45, 7) is 1.55. The van der Waals surface area contributed by atoms with Gasteiger partial charge >= 0.3 is 0 Å². The molecule has 1 aromatic heterocycles. The molecule has 1 aliphatic heterocycles. The maximum atomic E-state index is 12.0. The summed E-state index contributed by atoms with van der Waals surface area (Å²) in [5.41, 5.74) is 0.981. The number of hydrogen-bond acceptors (Lipinski definition) is 5. The zero-order chi connectivity index (χ0) is 17.5. The van der Waals surface area contributed by atoms with E-state index in [-0.39, 0.29) is 23.8 Å². The fraction of sp³-hybridized carbons (Fsp3) is 0.333. The smallest absolute Gasteiger partial charge is 0.270 e. The standard InChI is InChI=1S/C18H20N4O3/c23-17(14-4-2-1-3-5-14)20-9-13-8-15(25-11-13)10-21-18(24)16-6-7-19-12-22-16/h1-7,12-13,15H,8-11H2,(H,20,23)(H,21,24)/t13-,15+/m1/s1. The Labute approximate surface area is 145 Å². The Balaban J connectivity index is 1.39. The van der Waals surface area contributed by atoms with Gasteiger partial charge in [-0.25, -0.2) is 9.97 Å². The summed E-state index contributed by atoms with van der Waals surface area (Å²) < 4.78 is 5.69. The molecule has 3 rings (SSSR count). The van der Waals surface area contributed by atoms with Gasteiger partial charge in [0.05, 0.1) is 12.7 Å². The second-order valence-corrected chi connectivity index (χ2v) is 5.94. The molecule has 2 amide bonds. The van der Waals surface area contributed by atoms with Crippen molar-refractivity contribution < 1.29 is 14.3 Å².